The standard InChI is InChI=1S/C8H16N2O4S2/c1-10(6-7(9)15)16(12,13)5-3-4-8(11)14-2/h3-6H2,1-2H3,(H2,9,15). The zero-order valence-corrected chi connectivity index (χ0v) is 10.9. The minimum Gasteiger partial charge on any atom is -0.469 e. The van der Waals surface area contributed by atoms with Gasteiger partial charge in [0.25, 0.3) is 0 Å². The summed E-state index contributed by atoms with van der Waals surface area (Å²) in [5, 5.41) is 0. The molecule has 0 aliphatic heterocycles. The molecule has 0 spiro atoms. The van der Waals surface area contributed by atoms with Crippen LogP contribution >= 0.6 is 12.2 Å². The molecule has 8 heteroatoms. The summed E-state index contributed by atoms with van der Waals surface area (Å²) in [6, 6.07) is 0. The van der Waals surface area contributed by atoms with Crippen molar-refractivity contribution in [1.29, 1.82) is 0 Å². The second-order valence-corrected chi connectivity index (χ2v) is 5.94. The third-order valence-corrected chi connectivity index (χ3v) is 3.88. The maximum atomic E-state index is 11.6. The molecule has 0 rings (SSSR count). The van der Waals surface area contributed by atoms with Crippen LogP contribution in [0.25, 0.3) is 0 Å². The number of methoxy groups -OCH3 is 1. The number of nitrogens with two attached hydrogens (primary N) is 1. The Balaban J connectivity index is 4.14. The van der Waals surface area contributed by atoms with Gasteiger partial charge in [0.15, 0.2) is 0 Å². The molecule has 6 nitrogen and oxygen atoms in total. The summed E-state index contributed by atoms with van der Waals surface area (Å²) in [6.07, 6.45) is 0.299. The number of rotatable bonds is 7. The first-order valence-corrected chi connectivity index (χ1v) is 6.60. The molecule has 0 aliphatic carbocycles. The van der Waals surface area contributed by atoms with E-state index in [9.17, 15) is 13.2 Å². The maximum Gasteiger partial charge on any atom is 0.305 e. The van der Waals surface area contributed by atoms with Gasteiger partial charge in [0.1, 0.15) is 0 Å². The highest BCUT2D eigenvalue weighted by Crippen LogP contribution is 2.03. The number of thiocarbonyl (C=S) groups is 1. The van der Waals surface area contributed by atoms with Gasteiger partial charge in [-0.15, -0.1) is 0 Å². The number of hydrogen-bond acceptors (Lipinski definition) is 5. The fourth-order valence-electron chi connectivity index (χ4n) is 0.975. The predicted octanol–water partition coefficient (Wildman–Crippen LogP) is -0.513. The predicted molar refractivity (Wildman–Crippen MR) is 64.5 cm³/mol. The van der Waals surface area contributed by atoms with E-state index in [2.05, 4.69) is 17.0 Å². The highest BCUT2D eigenvalue weighted by molar-refractivity contribution is 7.89. The summed E-state index contributed by atoms with van der Waals surface area (Å²) < 4.78 is 28.7. The van der Waals surface area contributed by atoms with E-state index in [1.807, 2.05) is 0 Å². The lowest BCUT2D eigenvalue weighted by Gasteiger charge is -2.15. The fourth-order valence-corrected chi connectivity index (χ4v) is 2.41. The van der Waals surface area contributed by atoms with Gasteiger partial charge in [0.2, 0.25) is 10.0 Å². The van der Waals surface area contributed by atoms with Crippen LogP contribution in [0.3, 0.4) is 0 Å². The van der Waals surface area contributed by atoms with Gasteiger partial charge in [0.05, 0.1) is 24.4 Å². The molecule has 0 saturated carbocycles. The molecule has 0 bridgehead atoms. The summed E-state index contributed by atoms with van der Waals surface area (Å²) in [5.74, 6) is -0.548. The van der Waals surface area contributed by atoms with Crippen molar-refractivity contribution in [3.05, 3.63) is 0 Å². The lowest BCUT2D eigenvalue weighted by atomic mass is 10.3. The number of likely N-dealkylation sites (N-methyl/N-ethyl adjacent to an activating group) is 1. The first-order chi connectivity index (χ1) is 7.29. The molecule has 0 heterocycles. The molecular formula is C8H16N2O4S2. The van der Waals surface area contributed by atoms with E-state index in [-0.39, 0.29) is 30.1 Å². The third kappa shape index (κ3) is 5.99. The number of carbonyl (C=O) groups excluding carboxylic acids is 1. The van der Waals surface area contributed by atoms with Gasteiger partial charge in [-0.05, 0) is 6.42 Å². The number of hydrogen-bond donors (Lipinski definition) is 1. The van der Waals surface area contributed by atoms with Crippen LogP contribution in [-0.2, 0) is 19.6 Å². The zero-order valence-electron chi connectivity index (χ0n) is 9.30. The molecule has 2 N–H and O–H groups in total. The highest BCUT2D eigenvalue weighted by Gasteiger charge is 2.18. The number of esters is 1. The molecule has 0 amide bonds. The van der Waals surface area contributed by atoms with Gasteiger partial charge < -0.3 is 10.5 Å². The number of sulfonamides is 1. The summed E-state index contributed by atoms with van der Waals surface area (Å²) in [4.78, 5) is 10.9. The van der Waals surface area contributed by atoms with Crippen molar-refractivity contribution in [3.63, 3.8) is 0 Å². The van der Waals surface area contributed by atoms with Crippen molar-refractivity contribution in [2.24, 2.45) is 5.73 Å². The van der Waals surface area contributed by atoms with Crippen molar-refractivity contribution in [2.45, 2.75) is 12.8 Å². The van der Waals surface area contributed by atoms with E-state index in [1.54, 1.807) is 0 Å². The van der Waals surface area contributed by atoms with Gasteiger partial charge >= 0.3 is 5.97 Å². The van der Waals surface area contributed by atoms with Crippen LogP contribution in [0.15, 0.2) is 0 Å². The third-order valence-electron chi connectivity index (χ3n) is 1.86. The van der Waals surface area contributed by atoms with Crippen LogP contribution < -0.4 is 5.73 Å². The Morgan fingerprint density at radius 1 is 1.50 bits per heavy atom. The summed E-state index contributed by atoms with van der Waals surface area (Å²) in [5.41, 5.74) is 5.24. The van der Waals surface area contributed by atoms with Crippen LogP contribution in [0.4, 0.5) is 0 Å². The normalized spacial score (nSPS) is 11.4. The summed E-state index contributed by atoms with van der Waals surface area (Å²) >= 11 is 4.61. The van der Waals surface area contributed by atoms with E-state index in [0.29, 0.717) is 0 Å². The molecule has 0 atom stereocenters. The molecule has 0 aromatic rings. The molecular weight excluding hydrogens is 252 g/mol. The molecule has 16 heavy (non-hydrogen) atoms. The molecule has 0 aromatic carbocycles. The molecule has 94 valence electrons. The number of ether oxygens (including phenoxy) is 1. The average Bonchev–Trinajstić information content (AvgIpc) is 2.16. The second kappa shape index (κ2) is 6.77. The van der Waals surface area contributed by atoms with Crippen molar-refractivity contribution in [2.75, 3.05) is 26.5 Å². The first kappa shape index (κ1) is 15.3. The van der Waals surface area contributed by atoms with Gasteiger partial charge in [-0.25, -0.2) is 8.42 Å². The van der Waals surface area contributed by atoms with Gasteiger partial charge in [-0.2, -0.15) is 4.31 Å². The molecule has 0 aromatic heterocycles. The van der Waals surface area contributed by atoms with Crippen molar-refractivity contribution >= 4 is 33.2 Å². The molecule has 0 saturated heterocycles. The smallest absolute Gasteiger partial charge is 0.305 e. The Morgan fingerprint density at radius 3 is 2.50 bits per heavy atom. The quantitative estimate of drug-likeness (QED) is 0.494. The Bertz CT molecular complexity index is 353. The minimum absolute atomic E-state index is 0.00981. The monoisotopic (exact) mass is 268 g/mol. The lowest BCUT2D eigenvalue weighted by molar-refractivity contribution is -0.140. The van der Waals surface area contributed by atoms with Gasteiger partial charge in [-0.1, -0.05) is 12.2 Å². The summed E-state index contributed by atoms with van der Waals surface area (Å²) in [6.45, 7) is 0.00981. The van der Waals surface area contributed by atoms with Crippen LogP contribution in [-0.4, -0.2) is 50.1 Å². The number of nitrogens with zero attached hydrogens (tertiary/aromatic N) is 1. The fraction of sp³-hybridized carbons (Fsp3) is 0.750. The van der Waals surface area contributed by atoms with E-state index in [4.69, 9.17) is 5.73 Å². The minimum atomic E-state index is -3.40. The van der Waals surface area contributed by atoms with Crippen LogP contribution in [0.2, 0.25) is 0 Å². The van der Waals surface area contributed by atoms with E-state index >= 15 is 0 Å². The topological polar surface area (TPSA) is 89.7 Å². The Kier molecular flexibility index (Phi) is 6.46. The summed E-state index contributed by atoms with van der Waals surface area (Å²) in [7, 11) is -0.746. The van der Waals surface area contributed by atoms with Gasteiger partial charge in [-0.3, -0.25) is 4.79 Å². The molecule has 0 aliphatic rings. The van der Waals surface area contributed by atoms with Crippen LogP contribution in [0.1, 0.15) is 12.8 Å². The Morgan fingerprint density at radius 2 is 2.06 bits per heavy atom. The van der Waals surface area contributed by atoms with Crippen LogP contribution in [0.5, 0.6) is 0 Å². The van der Waals surface area contributed by atoms with Crippen molar-refractivity contribution in [3.8, 4) is 0 Å². The zero-order chi connectivity index (χ0) is 12.8. The van der Waals surface area contributed by atoms with E-state index in [0.717, 1.165) is 4.31 Å². The van der Waals surface area contributed by atoms with Crippen LogP contribution in [0, 0.1) is 0 Å². The van der Waals surface area contributed by atoms with E-state index in [1.165, 1.54) is 14.2 Å². The highest BCUT2D eigenvalue weighted by atomic mass is 32.2. The molecule has 0 radical (unpaired) electrons. The largest absolute Gasteiger partial charge is 0.469 e. The van der Waals surface area contributed by atoms with Crippen molar-refractivity contribution < 1.29 is 17.9 Å². The average molecular weight is 268 g/mol. The number of carbonyl (C=O) groups is 1. The molecule has 0 unspecified atom stereocenters. The molecule has 0 fully saturated rings. The maximum absolute atomic E-state index is 11.6. The van der Waals surface area contributed by atoms with Crippen molar-refractivity contribution in [1.82, 2.24) is 4.31 Å². The lowest BCUT2D eigenvalue weighted by Crippen LogP contribution is -2.36. The Hall–Kier alpha value is -0.730. The second-order valence-electron chi connectivity index (χ2n) is 3.22. The van der Waals surface area contributed by atoms with E-state index < -0.39 is 16.0 Å². The SMILES string of the molecule is COC(=O)CCCS(=O)(=O)N(C)CC(N)=S. The Labute approximate surface area is 101 Å². The van der Waals surface area contributed by atoms with Gasteiger partial charge in [0, 0.05) is 13.5 Å². The first-order valence-electron chi connectivity index (χ1n) is 4.58.